The maximum atomic E-state index is 6.91. The van der Waals surface area contributed by atoms with E-state index in [1.165, 1.54) is 16.3 Å². The first-order chi connectivity index (χ1) is 9.93. The van der Waals surface area contributed by atoms with Crippen LogP contribution in [0.15, 0.2) is 12.1 Å². The first-order valence-electron chi connectivity index (χ1n) is 8.50. The summed E-state index contributed by atoms with van der Waals surface area (Å²) in [7, 11) is -3.75. The van der Waals surface area contributed by atoms with Gasteiger partial charge < -0.3 is 4.43 Å². The topological polar surface area (TPSA) is 9.23 Å². The van der Waals surface area contributed by atoms with Crippen molar-refractivity contribution in [1.82, 2.24) is 0 Å². The number of halogens is 1. The lowest BCUT2D eigenvalue weighted by atomic mass is 9.80. The molecule has 1 aromatic rings. The Morgan fingerprint density at radius 1 is 0.826 bits per heavy atom. The molecule has 0 saturated heterocycles. The molecule has 0 heterocycles. The van der Waals surface area contributed by atoms with E-state index in [-0.39, 0.29) is 10.8 Å². The van der Waals surface area contributed by atoms with Crippen LogP contribution < -0.4 is 9.61 Å². The minimum Gasteiger partial charge on any atom is -0.544 e. The van der Waals surface area contributed by atoms with Crippen LogP contribution in [0.2, 0.25) is 32.7 Å². The van der Waals surface area contributed by atoms with E-state index >= 15 is 0 Å². The Labute approximate surface area is 150 Å². The third-order valence-corrected chi connectivity index (χ3v) is 6.89. The summed E-state index contributed by atoms with van der Waals surface area (Å²) in [6.45, 7) is 24.7. The molecule has 4 heteroatoms. The van der Waals surface area contributed by atoms with E-state index in [9.17, 15) is 0 Å². The molecular formula is C19H35ClOSi2. The second kappa shape index (κ2) is 6.23. The highest BCUT2D eigenvalue weighted by Gasteiger charge is 2.34. The lowest BCUT2D eigenvalue weighted by molar-refractivity contribution is 0.507. The molecule has 0 aromatic heterocycles. The van der Waals surface area contributed by atoms with Crippen LogP contribution in [0.3, 0.4) is 0 Å². The van der Waals surface area contributed by atoms with Crippen molar-refractivity contribution in [2.75, 3.05) is 0 Å². The summed E-state index contributed by atoms with van der Waals surface area (Å²) in [5.41, 5.74) is 2.77. The zero-order chi connectivity index (χ0) is 18.4. The first kappa shape index (κ1) is 20.8. The van der Waals surface area contributed by atoms with Crippen molar-refractivity contribution in [2.45, 2.75) is 85.1 Å². The van der Waals surface area contributed by atoms with E-state index in [0.717, 1.165) is 5.75 Å². The molecule has 1 aromatic carbocycles. The quantitative estimate of drug-likeness (QED) is 0.458. The van der Waals surface area contributed by atoms with Crippen LogP contribution in [0.25, 0.3) is 0 Å². The molecule has 0 bridgehead atoms. The molecule has 132 valence electrons. The number of hydrogen-bond acceptors (Lipinski definition) is 1. The van der Waals surface area contributed by atoms with Gasteiger partial charge in [-0.3, -0.25) is 0 Å². The highest BCUT2D eigenvalue weighted by atomic mass is 35.6. The zero-order valence-corrected chi connectivity index (χ0v) is 19.7. The molecule has 23 heavy (non-hydrogen) atoms. The van der Waals surface area contributed by atoms with Gasteiger partial charge in [0, 0.05) is 0 Å². The Kier molecular flexibility index (Phi) is 5.63. The van der Waals surface area contributed by atoms with Crippen molar-refractivity contribution in [3.8, 4) is 5.75 Å². The van der Waals surface area contributed by atoms with Gasteiger partial charge in [-0.15, -0.1) is 0 Å². The third kappa shape index (κ3) is 5.65. The lowest BCUT2D eigenvalue weighted by Crippen LogP contribution is -2.42. The zero-order valence-electron chi connectivity index (χ0n) is 16.9. The molecule has 0 N–H and O–H groups in total. The van der Waals surface area contributed by atoms with Crippen molar-refractivity contribution in [3.05, 3.63) is 23.3 Å². The molecule has 0 spiro atoms. The largest absolute Gasteiger partial charge is 0.544 e. The van der Waals surface area contributed by atoms with Crippen molar-refractivity contribution >= 4 is 32.0 Å². The van der Waals surface area contributed by atoms with Gasteiger partial charge in [0.15, 0.2) is 7.38 Å². The predicted octanol–water partition coefficient (Wildman–Crippen LogP) is 6.15. The summed E-state index contributed by atoms with van der Waals surface area (Å²) < 4.78 is 6.57. The maximum absolute atomic E-state index is 6.91. The average Bonchev–Trinajstić information content (AvgIpc) is 2.21. The summed E-state index contributed by atoms with van der Waals surface area (Å²) in [5, 5.41) is 1.25. The Bertz CT molecular complexity index is 532. The third-order valence-electron chi connectivity index (χ3n) is 3.81. The van der Waals surface area contributed by atoms with Gasteiger partial charge >= 0.3 is 0 Å². The fourth-order valence-corrected chi connectivity index (χ4v) is 5.06. The summed E-state index contributed by atoms with van der Waals surface area (Å²) in [4.78, 5) is 0. The molecule has 1 rings (SSSR count). The Morgan fingerprint density at radius 2 is 1.30 bits per heavy atom. The summed E-state index contributed by atoms with van der Waals surface area (Å²) in [6, 6.07) is 4.65. The number of rotatable bonds is 3. The molecule has 0 atom stereocenters. The van der Waals surface area contributed by atoms with Gasteiger partial charge in [0.25, 0.3) is 0 Å². The van der Waals surface area contributed by atoms with E-state index < -0.39 is 15.7 Å². The average molecular weight is 371 g/mol. The summed E-state index contributed by atoms with van der Waals surface area (Å²) in [6.07, 6.45) is 0. The Morgan fingerprint density at radius 3 is 1.61 bits per heavy atom. The van der Waals surface area contributed by atoms with Crippen molar-refractivity contribution in [2.24, 2.45) is 0 Å². The minimum atomic E-state index is -2.03. The lowest BCUT2D eigenvalue weighted by Gasteiger charge is -2.34. The fraction of sp³-hybridized carbons (Fsp3) is 0.684. The molecular weight excluding hydrogens is 336 g/mol. The molecule has 0 fully saturated rings. The van der Waals surface area contributed by atoms with Crippen molar-refractivity contribution in [3.63, 3.8) is 0 Å². The van der Waals surface area contributed by atoms with Gasteiger partial charge in [0.2, 0.25) is 8.32 Å². The maximum Gasteiger partial charge on any atom is 0.242 e. The molecule has 1 nitrogen and oxygen atoms in total. The van der Waals surface area contributed by atoms with E-state index in [1.54, 1.807) is 0 Å². The van der Waals surface area contributed by atoms with E-state index in [4.69, 9.17) is 15.5 Å². The molecule has 0 aliphatic rings. The van der Waals surface area contributed by atoms with Crippen LogP contribution in [0.4, 0.5) is 0 Å². The van der Waals surface area contributed by atoms with E-state index in [1.807, 2.05) is 0 Å². The smallest absolute Gasteiger partial charge is 0.242 e. The number of hydrogen-bond donors (Lipinski definition) is 0. The molecule has 0 unspecified atom stereocenters. The molecule has 0 radical (unpaired) electrons. The van der Waals surface area contributed by atoms with Gasteiger partial charge in [-0.2, -0.15) is 11.1 Å². The summed E-state index contributed by atoms with van der Waals surface area (Å²) in [5.74, 6) is 1.07. The van der Waals surface area contributed by atoms with Gasteiger partial charge in [-0.25, -0.2) is 0 Å². The van der Waals surface area contributed by atoms with Crippen LogP contribution in [0.1, 0.15) is 52.7 Å². The van der Waals surface area contributed by atoms with Crippen LogP contribution in [-0.4, -0.2) is 15.7 Å². The highest BCUT2D eigenvalue weighted by Crippen LogP contribution is 2.37. The monoisotopic (exact) mass is 370 g/mol. The molecule has 0 amide bonds. The van der Waals surface area contributed by atoms with Crippen molar-refractivity contribution in [1.29, 1.82) is 0 Å². The SMILES string of the molecule is CC(C)(C)c1cc(C(C)(C)C)c(O[Si](C)(C)C)c([Si](C)(C)Cl)c1. The Balaban J connectivity index is 3.82. The van der Waals surface area contributed by atoms with E-state index in [0.29, 0.717) is 0 Å². The van der Waals surface area contributed by atoms with Crippen LogP contribution >= 0.6 is 11.1 Å². The molecule has 0 aliphatic heterocycles. The van der Waals surface area contributed by atoms with Crippen LogP contribution in [-0.2, 0) is 10.8 Å². The molecule has 0 aliphatic carbocycles. The standard InChI is InChI=1S/C19H35ClOSi2/c1-18(2,3)14-12-15(19(4,5)6)17(21-22(7,8)9)16(13-14)23(10,11)20/h12-13H,1-11H3. The van der Waals surface area contributed by atoms with E-state index in [2.05, 4.69) is 86.4 Å². The summed E-state index contributed by atoms with van der Waals surface area (Å²) >= 11 is 6.91. The van der Waals surface area contributed by atoms with Crippen LogP contribution in [0.5, 0.6) is 5.75 Å². The van der Waals surface area contributed by atoms with Gasteiger partial charge in [0.1, 0.15) is 5.75 Å². The second-order valence-corrected chi connectivity index (χ2v) is 20.8. The van der Waals surface area contributed by atoms with Crippen molar-refractivity contribution < 1.29 is 4.43 Å². The highest BCUT2D eigenvalue weighted by molar-refractivity contribution is 7.26. The minimum absolute atomic E-state index is 0.0293. The van der Waals surface area contributed by atoms with Gasteiger partial charge in [0.05, 0.1) is 0 Å². The number of benzene rings is 1. The fourth-order valence-electron chi connectivity index (χ4n) is 2.48. The van der Waals surface area contributed by atoms with Gasteiger partial charge in [-0.05, 0) is 46.8 Å². The van der Waals surface area contributed by atoms with Crippen LogP contribution in [0, 0.1) is 0 Å². The Hall–Kier alpha value is -0.256. The molecule has 0 saturated carbocycles. The normalized spacial score (nSPS) is 14.1. The van der Waals surface area contributed by atoms with Gasteiger partial charge in [-0.1, -0.05) is 66.8 Å². The second-order valence-electron chi connectivity index (χ2n) is 10.1. The first-order valence-corrected chi connectivity index (χ1v) is 15.9. The predicted molar refractivity (Wildman–Crippen MR) is 111 cm³/mol.